The molecule has 1 spiro atoms. The fourth-order valence-electron chi connectivity index (χ4n) is 3.99. The third-order valence-electron chi connectivity index (χ3n) is 5.46. The largest absolute Gasteiger partial charge is 0.358 e. The third-order valence-corrected chi connectivity index (χ3v) is 7.10. The van der Waals surface area contributed by atoms with Crippen LogP contribution in [0.25, 0.3) is 10.9 Å². The molecular formula is C19H25N3OS. The van der Waals surface area contributed by atoms with E-state index < -0.39 is 0 Å². The van der Waals surface area contributed by atoms with Crippen molar-refractivity contribution in [3.8, 4) is 0 Å². The van der Waals surface area contributed by atoms with Crippen molar-refractivity contribution < 1.29 is 4.79 Å². The van der Waals surface area contributed by atoms with Crippen LogP contribution in [0.5, 0.6) is 0 Å². The molecule has 1 amide bonds. The molecule has 2 aliphatic rings. The summed E-state index contributed by atoms with van der Waals surface area (Å²) in [5, 5.41) is 1.46. The zero-order chi connectivity index (χ0) is 16.7. The van der Waals surface area contributed by atoms with Crippen LogP contribution < -0.4 is 0 Å². The summed E-state index contributed by atoms with van der Waals surface area (Å²) in [5.74, 6) is 0.248. The van der Waals surface area contributed by atoms with Gasteiger partial charge in [0, 0.05) is 22.5 Å². The van der Waals surface area contributed by atoms with Gasteiger partial charge in [0.25, 0.3) is 0 Å². The molecular weight excluding hydrogens is 318 g/mol. The monoisotopic (exact) mass is 343 g/mol. The fraction of sp³-hybridized carbons (Fsp3) is 0.526. The summed E-state index contributed by atoms with van der Waals surface area (Å²) < 4.78 is 0.280. The van der Waals surface area contributed by atoms with Gasteiger partial charge in [0.2, 0.25) is 5.91 Å². The lowest BCUT2D eigenvalue weighted by molar-refractivity contribution is -0.130. The lowest BCUT2D eigenvalue weighted by Gasteiger charge is -2.36. The normalized spacial score (nSPS) is 24.1. The second-order valence-corrected chi connectivity index (χ2v) is 9.07. The first-order valence-corrected chi connectivity index (χ1v) is 9.65. The number of benzene rings is 1. The summed E-state index contributed by atoms with van der Waals surface area (Å²) in [6.07, 6.45) is 2.85. The molecule has 2 saturated heterocycles. The number of nitrogens with one attached hydrogen (secondary N) is 1. The summed E-state index contributed by atoms with van der Waals surface area (Å²) in [4.78, 5) is 20.7. The lowest BCUT2D eigenvalue weighted by atomic mass is 9.95. The summed E-state index contributed by atoms with van der Waals surface area (Å²) >= 11 is 2.01. The molecule has 0 aliphatic carbocycles. The predicted molar refractivity (Wildman–Crippen MR) is 100 cm³/mol. The van der Waals surface area contributed by atoms with Crippen molar-refractivity contribution in [1.29, 1.82) is 0 Å². The van der Waals surface area contributed by atoms with Crippen molar-refractivity contribution in [2.75, 3.05) is 26.7 Å². The van der Waals surface area contributed by atoms with Gasteiger partial charge in [0.05, 0.1) is 11.8 Å². The molecule has 1 aromatic carbocycles. The average molecular weight is 343 g/mol. The number of carbonyl (C=O) groups is 1. The van der Waals surface area contributed by atoms with Crippen LogP contribution in [0.1, 0.15) is 25.5 Å². The van der Waals surface area contributed by atoms with E-state index in [1.54, 1.807) is 0 Å². The molecule has 24 heavy (non-hydrogen) atoms. The van der Waals surface area contributed by atoms with Crippen molar-refractivity contribution >= 4 is 28.6 Å². The second kappa shape index (κ2) is 6.12. The van der Waals surface area contributed by atoms with Crippen LogP contribution in [0.15, 0.2) is 30.3 Å². The molecule has 1 N–H and O–H groups in total. The van der Waals surface area contributed by atoms with Gasteiger partial charge in [-0.15, -0.1) is 11.8 Å². The van der Waals surface area contributed by atoms with E-state index in [1.165, 1.54) is 18.2 Å². The first-order valence-electron chi connectivity index (χ1n) is 8.77. The van der Waals surface area contributed by atoms with Crippen LogP contribution in [-0.2, 0) is 11.2 Å². The van der Waals surface area contributed by atoms with Crippen LogP contribution in [0, 0.1) is 0 Å². The van der Waals surface area contributed by atoms with E-state index in [9.17, 15) is 4.79 Å². The van der Waals surface area contributed by atoms with Crippen LogP contribution in [-0.4, -0.2) is 57.5 Å². The number of piperidine rings is 1. The molecule has 0 saturated carbocycles. The molecule has 2 aromatic rings. The highest BCUT2D eigenvalue weighted by Crippen LogP contribution is 2.46. The van der Waals surface area contributed by atoms with E-state index in [2.05, 4.69) is 47.0 Å². The van der Waals surface area contributed by atoms with E-state index >= 15 is 0 Å². The van der Waals surface area contributed by atoms with Gasteiger partial charge in [-0.1, -0.05) is 18.2 Å². The maximum Gasteiger partial charge on any atom is 0.229 e. The lowest BCUT2D eigenvalue weighted by Crippen LogP contribution is -2.44. The highest BCUT2D eigenvalue weighted by Gasteiger charge is 2.45. The maximum absolute atomic E-state index is 12.9. The summed E-state index contributed by atoms with van der Waals surface area (Å²) in [7, 11) is 2.19. The molecule has 2 aliphatic heterocycles. The summed E-state index contributed by atoms with van der Waals surface area (Å²) in [5.41, 5.74) is 2.12. The van der Waals surface area contributed by atoms with Crippen molar-refractivity contribution in [2.45, 2.75) is 36.3 Å². The van der Waals surface area contributed by atoms with Gasteiger partial charge < -0.3 is 14.8 Å². The quantitative estimate of drug-likeness (QED) is 0.911. The number of rotatable bonds is 2. The highest BCUT2D eigenvalue weighted by atomic mass is 32.2. The number of fused-ring (bicyclic) bond motifs is 1. The zero-order valence-electron chi connectivity index (χ0n) is 14.4. The smallest absolute Gasteiger partial charge is 0.229 e. The molecule has 1 aromatic heterocycles. The van der Waals surface area contributed by atoms with E-state index in [4.69, 9.17) is 0 Å². The third kappa shape index (κ3) is 2.95. The Labute approximate surface area is 147 Å². The van der Waals surface area contributed by atoms with Gasteiger partial charge in [-0.3, -0.25) is 4.79 Å². The van der Waals surface area contributed by atoms with Gasteiger partial charge in [-0.2, -0.15) is 0 Å². The van der Waals surface area contributed by atoms with Gasteiger partial charge in [0.1, 0.15) is 0 Å². The summed E-state index contributed by atoms with van der Waals surface area (Å²) in [6, 6.07) is 10.3. The highest BCUT2D eigenvalue weighted by molar-refractivity contribution is 8.01. The molecule has 2 fully saturated rings. The van der Waals surface area contributed by atoms with Gasteiger partial charge >= 0.3 is 0 Å². The molecule has 0 radical (unpaired) electrons. The number of amides is 1. The maximum atomic E-state index is 12.9. The Bertz CT molecular complexity index is 715. The van der Waals surface area contributed by atoms with Crippen molar-refractivity contribution in [1.82, 2.24) is 14.8 Å². The first-order chi connectivity index (χ1) is 11.5. The van der Waals surface area contributed by atoms with Crippen molar-refractivity contribution in [3.05, 3.63) is 36.0 Å². The number of H-pyrrole nitrogens is 1. The minimum absolute atomic E-state index is 0.248. The topological polar surface area (TPSA) is 39.3 Å². The Morgan fingerprint density at radius 2 is 2.08 bits per heavy atom. The molecule has 3 heterocycles. The number of hydrogen-bond donors (Lipinski definition) is 1. The average Bonchev–Trinajstić information content (AvgIpc) is 3.11. The van der Waals surface area contributed by atoms with Crippen LogP contribution >= 0.6 is 11.8 Å². The Morgan fingerprint density at radius 3 is 2.83 bits per heavy atom. The molecule has 0 bridgehead atoms. The van der Waals surface area contributed by atoms with Gasteiger partial charge in [0.15, 0.2) is 0 Å². The number of likely N-dealkylation sites (tertiary alicyclic amines) is 1. The number of thioether (sulfide) groups is 1. The Balaban J connectivity index is 1.46. The Hall–Kier alpha value is -1.46. The predicted octanol–water partition coefficient (Wildman–Crippen LogP) is 3.10. The fourth-order valence-corrected chi connectivity index (χ4v) is 5.66. The van der Waals surface area contributed by atoms with Gasteiger partial charge in [-0.25, -0.2) is 0 Å². The number of para-hydroxylation sites is 1. The van der Waals surface area contributed by atoms with E-state index in [1.807, 2.05) is 23.9 Å². The number of aromatic amines is 1. The first kappa shape index (κ1) is 16.0. The molecule has 4 rings (SSSR count). The minimum atomic E-state index is 0.248. The molecule has 128 valence electrons. The van der Waals surface area contributed by atoms with E-state index in [0.29, 0.717) is 6.42 Å². The zero-order valence-corrected chi connectivity index (χ0v) is 15.2. The number of aromatic nitrogens is 1. The Kier molecular flexibility index (Phi) is 4.09. The second-order valence-electron chi connectivity index (χ2n) is 7.28. The number of hydrogen-bond acceptors (Lipinski definition) is 3. The molecule has 5 heteroatoms. The van der Waals surface area contributed by atoms with Crippen molar-refractivity contribution in [3.63, 3.8) is 0 Å². The Morgan fingerprint density at radius 1 is 1.33 bits per heavy atom. The van der Waals surface area contributed by atoms with Crippen LogP contribution in [0.2, 0.25) is 0 Å². The van der Waals surface area contributed by atoms with Gasteiger partial charge in [-0.05, 0) is 57.4 Å². The van der Waals surface area contributed by atoms with Crippen LogP contribution in [0.3, 0.4) is 0 Å². The number of carbonyl (C=O) groups excluding carboxylic acids is 1. The van der Waals surface area contributed by atoms with Crippen LogP contribution in [0.4, 0.5) is 0 Å². The summed E-state index contributed by atoms with van der Waals surface area (Å²) in [6.45, 7) is 5.38. The van der Waals surface area contributed by atoms with Crippen molar-refractivity contribution in [2.24, 2.45) is 0 Å². The standard InChI is InChI=1S/C19H25N3OS/c1-14-22(13-19(24-14)7-9-21(2)10-8-19)18(23)12-16-11-15-5-3-4-6-17(15)20-16/h3-6,11,14,20H,7-10,12-13H2,1-2H3. The van der Waals surface area contributed by atoms with E-state index in [-0.39, 0.29) is 16.0 Å². The van der Waals surface area contributed by atoms with E-state index in [0.717, 1.165) is 30.8 Å². The SMILES string of the molecule is CC1SC2(CCN(C)CC2)CN1C(=O)Cc1cc2ccccc2[nH]1. The molecule has 4 nitrogen and oxygen atoms in total. The minimum Gasteiger partial charge on any atom is -0.358 e. The molecule has 1 atom stereocenters. The molecule has 1 unspecified atom stereocenters. The number of nitrogens with zero attached hydrogens (tertiary/aromatic N) is 2.